The third-order valence-electron chi connectivity index (χ3n) is 2.70. The number of phenols is 1. The molecule has 3 rings (SSSR count). The summed E-state index contributed by atoms with van der Waals surface area (Å²) in [4.78, 5) is 8.32. The van der Waals surface area contributed by atoms with Crippen molar-refractivity contribution >= 4 is 10.9 Å². The number of hydrogen-bond acceptors (Lipinski definition) is 3. The van der Waals surface area contributed by atoms with E-state index in [0.29, 0.717) is 11.1 Å². The topological polar surface area (TPSA) is 46.0 Å². The Kier molecular flexibility index (Phi) is 2.41. The SMILES string of the molecule is Oc1cccc2cnc(-c3ccccc3F)nc12. The van der Waals surface area contributed by atoms with Crippen LogP contribution in [0.15, 0.2) is 48.7 Å². The predicted molar refractivity (Wildman–Crippen MR) is 66.6 cm³/mol. The molecule has 1 N–H and O–H groups in total. The molecule has 0 atom stereocenters. The van der Waals surface area contributed by atoms with Crippen LogP contribution in [0.2, 0.25) is 0 Å². The van der Waals surface area contributed by atoms with Crippen LogP contribution < -0.4 is 0 Å². The highest BCUT2D eigenvalue weighted by molar-refractivity contribution is 5.84. The molecular weight excluding hydrogens is 231 g/mol. The van der Waals surface area contributed by atoms with Gasteiger partial charge in [0.2, 0.25) is 0 Å². The molecule has 18 heavy (non-hydrogen) atoms. The van der Waals surface area contributed by atoms with E-state index in [2.05, 4.69) is 9.97 Å². The Morgan fingerprint density at radius 2 is 1.83 bits per heavy atom. The van der Waals surface area contributed by atoms with E-state index in [-0.39, 0.29) is 17.4 Å². The van der Waals surface area contributed by atoms with Crippen LogP contribution in [0.3, 0.4) is 0 Å². The van der Waals surface area contributed by atoms with Crippen LogP contribution in [0, 0.1) is 5.82 Å². The minimum Gasteiger partial charge on any atom is -0.506 e. The largest absolute Gasteiger partial charge is 0.506 e. The zero-order valence-electron chi connectivity index (χ0n) is 9.34. The Morgan fingerprint density at radius 1 is 1.00 bits per heavy atom. The number of phenolic OH excluding ortho intramolecular Hbond substituents is 1. The predicted octanol–water partition coefficient (Wildman–Crippen LogP) is 3.14. The van der Waals surface area contributed by atoms with Gasteiger partial charge < -0.3 is 5.11 Å². The van der Waals surface area contributed by atoms with Gasteiger partial charge in [-0.3, -0.25) is 0 Å². The van der Waals surface area contributed by atoms with Crippen LogP contribution in [-0.2, 0) is 0 Å². The maximum Gasteiger partial charge on any atom is 0.162 e. The molecule has 0 aliphatic heterocycles. The van der Waals surface area contributed by atoms with Crippen molar-refractivity contribution in [2.45, 2.75) is 0 Å². The van der Waals surface area contributed by atoms with Crippen molar-refractivity contribution in [2.75, 3.05) is 0 Å². The van der Waals surface area contributed by atoms with E-state index < -0.39 is 0 Å². The molecule has 0 saturated carbocycles. The lowest BCUT2D eigenvalue weighted by Crippen LogP contribution is -1.92. The molecule has 0 aliphatic carbocycles. The number of benzene rings is 2. The van der Waals surface area contributed by atoms with E-state index >= 15 is 0 Å². The molecule has 0 unspecified atom stereocenters. The van der Waals surface area contributed by atoms with Crippen molar-refractivity contribution in [3.05, 3.63) is 54.5 Å². The Hall–Kier alpha value is -2.49. The van der Waals surface area contributed by atoms with Gasteiger partial charge in [-0.05, 0) is 18.2 Å². The van der Waals surface area contributed by atoms with Crippen LogP contribution in [0.25, 0.3) is 22.3 Å². The molecule has 2 aromatic carbocycles. The Bertz CT molecular complexity index is 728. The van der Waals surface area contributed by atoms with Gasteiger partial charge in [0, 0.05) is 11.6 Å². The summed E-state index contributed by atoms with van der Waals surface area (Å²) in [6.45, 7) is 0. The van der Waals surface area contributed by atoms with Crippen LogP contribution >= 0.6 is 0 Å². The Morgan fingerprint density at radius 3 is 2.67 bits per heavy atom. The maximum absolute atomic E-state index is 13.6. The van der Waals surface area contributed by atoms with Crippen LogP contribution in [0.5, 0.6) is 5.75 Å². The number of hydrogen-bond donors (Lipinski definition) is 1. The van der Waals surface area contributed by atoms with Crippen molar-refractivity contribution in [1.29, 1.82) is 0 Å². The zero-order chi connectivity index (χ0) is 12.5. The monoisotopic (exact) mass is 240 g/mol. The van der Waals surface area contributed by atoms with Crippen molar-refractivity contribution in [2.24, 2.45) is 0 Å². The molecule has 0 radical (unpaired) electrons. The first-order valence-corrected chi connectivity index (χ1v) is 5.45. The molecule has 4 heteroatoms. The second kappa shape index (κ2) is 4.07. The molecule has 0 fully saturated rings. The van der Waals surface area contributed by atoms with E-state index in [9.17, 15) is 9.50 Å². The number of rotatable bonds is 1. The minimum absolute atomic E-state index is 0.0625. The molecule has 0 amide bonds. The summed E-state index contributed by atoms with van der Waals surface area (Å²) in [5.41, 5.74) is 0.744. The van der Waals surface area contributed by atoms with Crippen molar-refractivity contribution in [1.82, 2.24) is 9.97 Å². The second-order valence-electron chi connectivity index (χ2n) is 3.89. The van der Waals surface area contributed by atoms with Crippen molar-refractivity contribution < 1.29 is 9.50 Å². The molecule has 0 spiro atoms. The third kappa shape index (κ3) is 1.68. The van der Waals surface area contributed by atoms with Gasteiger partial charge in [-0.25, -0.2) is 14.4 Å². The van der Waals surface area contributed by atoms with E-state index in [1.807, 2.05) is 0 Å². The van der Waals surface area contributed by atoms with Gasteiger partial charge in [-0.15, -0.1) is 0 Å². The second-order valence-corrected chi connectivity index (χ2v) is 3.89. The first kappa shape index (κ1) is 10.7. The molecule has 0 saturated heterocycles. The number of halogens is 1. The first-order valence-electron chi connectivity index (χ1n) is 5.45. The van der Waals surface area contributed by atoms with Gasteiger partial charge >= 0.3 is 0 Å². The van der Waals surface area contributed by atoms with Gasteiger partial charge in [0.1, 0.15) is 17.1 Å². The first-order chi connectivity index (χ1) is 8.75. The summed E-state index contributed by atoms with van der Waals surface area (Å²) in [5.74, 6) is -0.0538. The molecule has 0 aliphatic rings. The molecular formula is C14H9FN2O. The molecule has 3 aromatic rings. The lowest BCUT2D eigenvalue weighted by atomic mass is 10.2. The minimum atomic E-state index is -0.382. The number of nitrogens with zero attached hydrogens (tertiary/aromatic N) is 2. The van der Waals surface area contributed by atoms with E-state index in [1.165, 1.54) is 6.07 Å². The smallest absolute Gasteiger partial charge is 0.162 e. The fourth-order valence-electron chi connectivity index (χ4n) is 1.81. The normalized spacial score (nSPS) is 10.7. The summed E-state index contributed by atoms with van der Waals surface area (Å²) >= 11 is 0. The summed E-state index contributed by atoms with van der Waals surface area (Å²) in [6.07, 6.45) is 1.57. The van der Waals surface area contributed by atoms with Crippen LogP contribution in [0.1, 0.15) is 0 Å². The molecule has 1 aromatic heterocycles. The van der Waals surface area contributed by atoms with E-state index in [0.717, 1.165) is 5.39 Å². The Labute approximate surface area is 103 Å². The number of fused-ring (bicyclic) bond motifs is 1. The lowest BCUT2D eigenvalue weighted by molar-refractivity contribution is 0.480. The van der Waals surface area contributed by atoms with Gasteiger partial charge in [0.25, 0.3) is 0 Å². The fraction of sp³-hybridized carbons (Fsp3) is 0. The Balaban J connectivity index is 2.26. The summed E-state index contributed by atoms with van der Waals surface area (Å²) in [7, 11) is 0. The average molecular weight is 240 g/mol. The van der Waals surface area contributed by atoms with Crippen molar-refractivity contribution in [3.8, 4) is 17.1 Å². The van der Waals surface area contributed by atoms with E-state index in [4.69, 9.17) is 0 Å². The standard InChI is InChI=1S/C14H9FN2O/c15-11-6-2-1-5-10(11)14-16-8-9-4-3-7-12(18)13(9)17-14/h1-8,18H. The number of aromatic hydroxyl groups is 1. The number of aromatic nitrogens is 2. The fourth-order valence-corrected chi connectivity index (χ4v) is 1.81. The molecule has 0 bridgehead atoms. The van der Waals surface area contributed by atoms with Gasteiger partial charge in [0.05, 0.1) is 5.56 Å². The lowest BCUT2D eigenvalue weighted by Gasteiger charge is -2.04. The van der Waals surface area contributed by atoms with Crippen LogP contribution in [0.4, 0.5) is 4.39 Å². The van der Waals surface area contributed by atoms with E-state index in [1.54, 1.807) is 42.6 Å². The highest BCUT2D eigenvalue weighted by atomic mass is 19.1. The zero-order valence-corrected chi connectivity index (χ0v) is 9.34. The van der Waals surface area contributed by atoms with Crippen LogP contribution in [-0.4, -0.2) is 15.1 Å². The maximum atomic E-state index is 13.6. The molecule has 1 heterocycles. The molecule has 88 valence electrons. The van der Waals surface area contributed by atoms with Gasteiger partial charge in [-0.2, -0.15) is 0 Å². The summed E-state index contributed by atoms with van der Waals surface area (Å²) in [5, 5.41) is 10.4. The number of para-hydroxylation sites is 1. The van der Waals surface area contributed by atoms with Crippen molar-refractivity contribution in [3.63, 3.8) is 0 Å². The molecule has 3 nitrogen and oxygen atoms in total. The summed E-state index contributed by atoms with van der Waals surface area (Å²) < 4.78 is 13.6. The third-order valence-corrected chi connectivity index (χ3v) is 2.70. The average Bonchev–Trinajstić information content (AvgIpc) is 2.40. The van der Waals surface area contributed by atoms with Gasteiger partial charge in [-0.1, -0.05) is 24.3 Å². The quantitative estimate of drug-likeness (QED) is 0.710. The van der Waals surface area contributed by atoms with Gasteiger partial charge in [0.15, 0.2) is 5.82 Å². The summed E-state index contributed by atoms with van der Waals surface area (Å²) in [6, 6.07) is 11.3. The highest BCUT2D eigenvalue weighted by Crippen LogP contribution is 2.25. The highest BCUT2D eigenvalue weighted by Gasteiger charge is 2.09.